The first-order valence-corrected chi connectivity index (χ1v) is 10.9. The number of likely N-dealkylation sites (N-methyl/N-ethyl adjacent to an activating group) is 1. The molecule has 9 heteroatoms. The first-order chi connectivity index (χ1) is 11.2. The van der Waals surface area contributed by atoms with Crippen molar-refractivity contribution in [1.82, 2.24) is 13.5 Å². The maximum Gasteiger partial charge on any atom is 0.243 e. The number of piperazine rings is 1. The number of rotatable bonds is 6. The van der Waals surface area contributed by atoms with Crippen molar-refractivity contribution < 1.29 is 16.8 Å². The van der Waals surface area contributed by atoms with Crippen LogP contribution in [-0.4, -0.2) is 76.7 Å². The molecule has 1 aromatic rings. The molecule has 0 aliphatic carbocycles. The number of hydrogen-bond donors (Lipinski definition) is 0. The molecule has 0 atom stereocenters. The first kappa shape index (κ1) is 19.3. The lowest BCUT2D eigenvalue weighted by Crippen LogP contribution is -2.47. The molecule has 1 aliphatic heterocycles. The number of nitrogens with zero attached hydrogens (tertiary/aromatic N) is 3. The molecule has 1 heterocycles. The van der Waals surface area contributed by atoms with Crippen LogP contribution in [0.15, 0.2) is 34.1 Å². The van der Waals surface area contributed by atoms with E-state index in [9.17, 15) is 16.8 Å². The highest BCUT2D eigenvalue weighted by molar-refractivity contribution is 7.89. The van der Waals surface area contributed by atoms with Crippen LogP contribution in [0.5, 0.6) is 0 Å². The van der Waals surface area contributed by atoms with Crippen LogP contribution >= 0.6 is 0 Å². The van der Waals surface area contributed by atoms with Crippen molar-refractivity contribution in [2.24, 2.45) is 0 Å². The van der Waals surface area contributed by atoms with Gasteiger partial charge in [0, 0.05) is 39.3 Å². The highest BCUT2D eigenvalue weighted by Gasteiger charge is 2.28. The quantitative estimate of drug-likeness (QED) is 0.730. The average molecular weight is 376 g/mol. The summed E-state index contributed by atoms with van der Waals surface area (Å²) in [5, 5.41) is 0. The van der Waals surface area contributed by atoms with Crippen molar-refractivity contribution in [2.75, 3.05) is 46.3 Å². The highest BCUT2D eigenvalue weighted by atomic mass is 32.2. The van der Waals surface area contributed by atoms with Gasteiger partial charge in [-0.1, -0.05) is 13.8 Å². The lowest BCUT2D eigenvalue weighted by Gasteiger charge is -2.31. The van der Waals surface area contributed by atoms with Gasteiger partial charge in [0.25, 0.3) is 0 Å². The molecule has 0 radical (unpaired) electrons. The van der Waals surface area contributed by atoms with Crippen molar-refractivity contribution >= 4 is 20.0 Å². The van der Waals surface area contributed by atoms with Gasteiger partial charge in [-0.05, 0) is 31.3 Å². The van der Waals surface area contributed by atoms with Crippen molar-refractivity contribution in [3.63, 3.8) is 0 Å². The van der Waals surface area contributed by atoms with Crippen molar-refractivity contribution in [1.29, 1.82) is 0 Å². The van der Waals surface area contributed by atoms with Crippen LogP contribution in [0.3, 0.4) is 0 Å². The molecule has 0 bridgehead atoms. The molecule has 24 heavy (non-hydrogen) atoms. The van der Waals surface area contributed by atoms with Crippen LogP contribution in [0.4, 0.5) is 0 Å². The molecular weight excluding hydrogens is 350 g/mol. The normalized spacial score (nSPS) is 18.2. The van der Waals surface area contributed by atoms with Gasteiger partial charge in [-0.3, -0.25) is 0 Å². The van der Waals surface area contributed by atoms with Gasteiger partial charge in [0.2, 0.25) is 20.0 Å². The maximum atomic E-state index is 12.6. The summed E-state index contributed by atoms with van der Waals surface area (Å²) in [4.78, 5) is 2.32. The molecule has 1 fully saturated rings. The SMILES string of the molecule is CCN(CC)S(=O)(=O)c1ccc(S(=O)(=O)N2CCN(C)CC2)cc1. The number of hydrogen-bond acceptors (Lipinski definition) is 5. The van der Waals surface area contributed by atoms with E-state index in [4.69, 9.17) is 0 Å². The highest BCUT2D eigenvalue weighted by Crippen LogP contribution is 2.21. The van der Waals surface area contributed by atoms with Crippen molar-refractivity contribution in [2.45, 2.75) is 23.6 Å². The Morgan fingerprint density at radius 1 is 0.875 bits per heavy atom. The van der Waals surface area contributed by atoms with Crippen LogP contribution in [-0.2, 0) is 20.0 Å². The molecule has 1 aliphatic rings. The van der Waals surface area contributed by atoms with Gasteiger partial charge in [0.15, 0.2) is 0 Å². The van der Waals surface area contributed by atoms with Gasteiger partial charge >= 0.3 is 0 Å². The second kappa shape index (κ2) is 7.49. The van der Waals surface area contributed by atoms with Crippen molar-refractivity contribution in [3.05, 3.63) is 24.3 Å². The van der Waals surface area contributed by atoms with E-state index >= 15 is 0 Å². The third-order valence-corrected chi connectivity index (χ3v) is 8.24. The smallest absolute Gasteiger partial charge is 0.243 e. The molecule has 0 amide bonds. The lowest BCUT2D eigenvalue weighted by molar-refractivity contribution is 0.222. The molecule has 0 saturated carbocycles. The molecule has 0 N–H and O–H groups in total. The minimum Gasteiger partial charge on any atom is -0.304 e. The Morgan fingerprint density at radius 2 is 1.33 bits per heavy atom. The van der Waals surface area contributed by atoms with E-state index in [1.54, 1.807) is 13.8 Å². The molecule has 0 spiro atoms. The summed E-state index contributed by atoms with van der Waals surface area (Å²) in [5.41, 5.74) is 0. The summed E-state index contributed by atoms with van der Waals surface area (Å²) < 4.78 is 53.0. The molecule has 2 rings (SSSR count). The Hall–Kier alpha value is -1.00. The standard InChI is InChI=1S/C15H25N3O4S2/c1-4-17(5-2)23(19,20)14-6-8-15(9-7-14)24(21,22)18-12-10-16(3)11-13-18/h6-9H,4-5,10-13H2,1-3H3. The van der Waals surface area contributed by atoms with E-state index in [1.165, 1.54) is 32.9 Å². The average Bonchev–Trinajstić information content (AvgIpc) is 2.56. The fourth-order valence-corrected chi connectivity index (χ4v) is 5.55. The van der Waals surface area contributed by atoms with E-state index in [1.807, 2.05) is 7.05 Å². The summed E-state index contributed by atoms with van der Waals surface area (Å²) in [6.45, 7) is 6.55. The molecule has 7 nitrogen and oxygen atoms in total. The van der Waals surface area contributed by atoms with Crippen LogP contribution in [0.1, 0.15) is 13.8 Å². The zero-order valence-electron chi connectivity index (χ0n) is 14.3. The molecule has 1 aromatic carbocycles. The van der Waals surface area contributed by atoms with Crippen LogP contribution in [0, 0.1) is 0 Å². The van der Waals surface area contributed by atoms with Crippen molar-refractivity contribution in [3.8, 4) is 0 Å². The van der Waals surface area contributed by atoms with Gasteiger partial charge in [-0.25, -0.2) is 16.8 Å². The lowest BCUT2D eigenvalue weighted by atomic mass is 10.4. The number of sulfonamides is 2. The predicted octanol–water partition coefficient (Wildman–Crippen LogP) is 0.653. The topological polar surface area (TPSA) is 78.0 Å². The minimum atomic E-state index is -3.58. The third-order valence-electron chi connectivity index (χ3n) is 4.27. The largest absolute Gasteiger partial charge is 0.304 e. The van der Waals surface area contributed by atoms with Gasteiger partial charge in [-0.15, -0.1) is 0 Å². The Bertz CT molecular complexity index is 748. The molecular formula is C15H25N3O4S2. The Kier molecular flexibility index (Phi) is 6.03. The Morgan fingerprint density at radius 3 is 1.79 bits per heavy atom. The van der Waals surface area contributed by atoms with Gasteiger partial charge in [-0.2, -0.15) is 8.61 Å². The van der Waals surface area contributed by atoms with E-state index < -0.39 is 20.0 Å². The van der Waals surface area contributed by atoms with E-state index in [-0.39, 0.29) is 9.79 Å². The fourth-order valence-electron chi connectivity index (χ4n) is 2.67. The summed E-state index contributed by atoms with van der Waals surface area (Å²) >= 11 is 0. The Balaban J connectivity index is 2.26. The van der Waals surface area contributed by atoms with Gasteiger partial charge in [0.05, 0.1) is 9.79 Å². The van der Waals surface area contributed by atoms with Gasteiger partial charge < -0.3 is 4.90 Å². The van der Waals surface area contributed by atoms with E-state index in [0.717, 1.165) is 0 Å². The summed E-state index contributed by atoms with van der Waals surface area (Å²) in [5.74, 6) is 0. The zero-order chi connectivity index (χ0) is 18.0. The van der Waals surface area contributed by atoms with E-state index in [0.29, 0.717) is 39.3 Å². The fraction of sp³-hybridized carbons (Fsp3) is 0.600. The third kappa shape index (κ3) is 3.80. The number of benzene rings is 1. The molecule has 136 valence electrons. The molecule has 0 unspecified atom stereocenters. The summed E-state index contributed by atoms with van der Waals surface area (Å²) in [6, 6.07) is 5.50. The second-order valence-electron chi connectivity index (χ2n) is 5.77. The second-order valence-corrected chi connectivity index (χ2v) is 9.64. The maximum absolute atomic E-state index is 12.6. The first-order valence-electron chi connectivity index (χ1n) is 8.02. The minimum absolute atomic E-state index is 0.114. The summed E-state index contributed by atoms with van der Waals surface area (Å²) in [7, 11) is -5.20. The zero-order valence-corrected chi connectivity index (χ0v) is 16.0. The molecule has 0 aromatic heterocycles. The van der Waals surface area contributed by atoms with Crippen LogP contribution < -0.4 is 0 Å². The van der Waals surface area contributed by atoms with Crippen LogP contribution in [0.2, 0.25) is 0 Å². The Labute approximate surface area is 145 Å². The van der Waals surface area contributed by atoms with E-state index in [2.05, 4.69) is 4.90 Å². The monoisotopic (exact) mass is 375 g/mol. The van der Waals surface area contributed by atoms with Gasteiger partial charge in [0.1, 0.15) is 0 Å². The van der Waals surface area contributed by atoms with Crippen LogP contribution in [0.25, 0.3) is 0 Å². The predicted molar refractivity (Wildman–Crippen MR) is 92.8 cm³/mol. The molecule has 1 saturated heterocycles. The summed E-state index contributed by atoms with van der Waals surface area (Å²) in [6.07, 6.45) is 0.